The van der Waals surface area contributed by atoms with E-state index in [2.05, 4.69) is 0 Å². The fraction of sp³-hybridized carbons (Fsp3) is 0.167. The Morgan fingerprint density at radius 2 is 2.00 bits per heavy atom. The van der Waals surface area contributed by atoms with E-state index < -0.39 is 0 Å². The monoisotopic (exact) mass is 341 g/mol. The van der Waals surface area contributed by atoms with Crippen molar-refractivity contribution in [2.45, 2.75) is 13.5 Å². The SMILES string of the molecule is COc1c(C=O)sc2cc(C)n(CC(=O)c3ccccc3)c(=O)c12. The van der Waals surface area contributed by atoms with E-state index in [-0.39, 0.29) is 23.6 Å². The molecule has 0 unspecified atom stereocenters. The second-order valence-electron chi connectivity index (χ2n) is 5.32. The minimum Gasteiger partial charge on any atom is -0.494 e. The Hall–Kier alpha value is -2.73. The van der Waals surface area contributed by atoms with Crippen molar-refractivity contribution in [2.24, 2.45) is 0 Å². The first-order valence-corrected chi connectivity index (χ1v) is 8.12. The number of rotatable bonds is 5. The van der Waals surface area contributed by atoms with Gasteiger partial charge in [0.2, 0.25) is 0 Å². The molecule has 3 rings (SSSR count). The molecule has 0 spiro atoms. The van der Waals surface area contributed by atoms with Crippen molar-refractivity contribution in [1.82, 2.24) is 4.57 Å². The number of nitrogens with zero attached hydrogens (tertiary/aromatic N) is 1. The van der Waals surface area contributed by atoms with Crippen LogP contribution in [0.3, 0.4) is 0 Å². The number of benzene rings is 1. The molecule has 0 radical (unpaired) electrons. The molecule has 122 valence electrons. The molecule has 6 heteroatoms. The summed E-state index contributed by atoms with van der Waals surface area (Å²) in [4.78, 5) is 36.8. The van der Waals surface area contributed by atoms with Gasteiger partial charge in [0.1, 0.15) is 10.3 Å². The number of Topliss-reactive ketones (excluding diaryl/α,β-unsaturated/α-hetero) is 1. The predicted octanol–water partition coefficient (Wildman–Crippen LogP) is 3.08. The smallest absolute Gasteiger partial charge is 0.263 e. The van der Waals surface area contributed by atoms with E-state index in [1.807, 2.05) is 6.07 Å². The molecule has 0 saturated heterocycles. The number of thiophene rings is 1. The highest BCUT2D eigenvalue weighted by molar-refractivity contribution is 7.21. The maximum absolute atomic E-state index is 12.8. The molecule has 0 bridgehead atoms. The average molecular weight is 341 g/mol. The van der Waals surface area contributed by atoms with Gasteiger partial charge >= 0.3 is 0 Å². The summed E-state index contributed by atoms with van der Waals surface area (Å²) in [6, 6.07) is 10.6. The van der Waals surface area contributed by atoms with Crippen LogP contribution < -0.4 is 10.3 Å². The largest absolute Gasteiger partial charge is 0.494 e. The molecule has 0 N–H and O–H groups in total. The summed E-state index contributed by atoms with van der Waals surface area (Å²) >= 11 is 1.21. The molecule has 0 fully saturated rings. The van der Waals surface area contributed by atoms with Crippen molar-refractivity contribution < 1.29 is 14.3 Å². The van der Waals surface area contributed by atoms with Crippen molar-refractivity contribution in [3.8, 4) is 5.75 Å². The van der Waals surface area contributed by atoms with Crippen LogP contribution in [-0.2, 0) is 6.54 Å². The number of aryl methyl sites for hydroxylation is 1. The predicted molar refractivity (Wildman–Crippen MR) is 93.5 cm³/mol. The Balaban J connectivity index is 2.13. The highest BCUT2D eigenvalue weighted by Gasteiger charge is 2.19. The van der Waals surface area contributed by atoms with Gasteiger partial charge in [-0.1, -0.05) is 30.3 Å². The van der Waals surface area contributed by atoms with Gasteiger partial charge in [-0.2, -0.15) is 0 Å². The van der Waals surface area contributed by atoms with Gasteiger partial charge in [-0.05, 0) is 13.0 Å². The summed E-state index contributed by atoms with van der Waals surface area (Å²) in [5, 5.41) is 0.344. The van der Waals surface area contributed by atoms with Crippen LogP contribution in [-0.4, -0.2) is 23.7 Å². The van der Waals surface area contributed by atoms with Crippen LogP contribution in [0.1, 0.15) is 25.7 Å². The lowest BCUT2D eigenvalue weighted by molar-refractivity contribution is 0.0969. The molecule has 0 aliphatic heterocycles. The van der Waals surface area contributed by atoms with Gasteiger partial charge in [0.25, 0.3) is 5.56 Å². The number of pyridine rings is 1. The number of hydrogen-bond acceptors (Lipinski definition) is 5. The minimum absolute atomic E-state index is 0.0555. The highest BCUT2D eigenvalue weighted by Crippen LogP contribution is 2.34. The molecule has 24 heavy (non-hydrogen) atoms. The Bertz CT molecular complexity index is 986. The lowest BCUT2D eigenvalue weighted by Crippen LogP contribution is -2.26. The quantitative estimate of drug-likeness (QED) is 0.528. The van der Waals surface area contributed by atoms with Gasteiger partial charge in [0, 0.05) is 16.0 Å². The van der Waals surface area contributed by atoms with E-state index in [1.165, 1.54) is 23.0 Å². The third kappa shape index (κ3) is 2.65. The van der Waals surface area contributed by atoms with Crippen molar-refractivity contribution >= 4 is 33.5 Å². The van der Waals surface area contributed by atoms with Crippen LogP contribution in [0.15, 0.2) is 41.2 Å². The standard InChI is InChI=1S/C18H15NO4S/c1-11-8-14-16(17(23-2)15(10-20)24-14)18(22)19(11)9-13(21)12-6-4-3-5-7-12/h3-8,10H,9H2,1-2H3. The van der Waals surface area contributed by atoms with Crippen LogP contribution in [0, 0.1) is 6.92 Å². The zero-order valence-electron chi connectivity index (χ0n) is 13.2. The summed E-state index contributed by atoms with van der Waals surface area (Å²) in [5.74, 6) is 0.126. The summed E-state index contributed by atoms with van der Waals surface area (Å²) in [6.45, 7) is 1.71. The number of fused-ring (bicyclic) bond motifs is 1. The van der Waals surface area contributed by atoms with E-state index in [4.69, 9.17) is 4.74 Å². The van der Waals surface area contributed by atoms with E-state index in [0.717, 1.165) is 0 Å². The fourth-order valence-corrected chi connectivity index (χ4v) is 3.73. The molecular formula is C18H15NO4S. The molecule has 3 aromatic rings. The number of ketones is 1. The van der Waals surface area contributed by atoms with Gasteiger partial charge < -0.3 is 9.30 Å². The molecule has 0 atom stereocenters. The first-order chi connectivity index (χ1) is 11.6. The van der Waals surface area contributed by atoms with E-state index in [1.54, 1.807) is 37.3 Å². The molecule has 0 saturated carbocycles. The van der Waals surface area contributed by atoms with E-state index in [9.17, 15) is 14.4 Å². The Labute approximate surface area is 142 Å². The summed E-state index contributed by atoms with van der Waals surface area (Å²) < 4.78 is 7.33. The first kappa shape index (κ1) is 16.1. The molecule has 2 aromatic heterocycles. The molecule has 1 aromatic carbocycles. The third-order valence-corrected chi connectivity index (χ3v) is 4.89. The second-order valence-corrected chi connectivity index (χ2v) is 6.41. The zero-order chi connectivity index (χ0) is 17.3. The fourth-order valence-electron chi connectivity index (χ4n) is 2.65. The normalized spacial score (nSPS) is 10.8. The maximum atomic E-state index is 12.8. The number of hydrogen-bond donors (Lipinski definition) is 0. The van der Waals surface area contributed by atoms with E-state index >= 15 is 0 Å². The number of carbonyl (C=O) groups is 2. The van der Waals surface area contributed by atoms with Gasteiger partial charge in [-0.15, -0.1) is 11.3 Å². The second kappa shape index (κ2) is 6.41. The molecule has 0 amide bonds. The van der Waals surface area contributed by atoms with Crippen LogP contribution in [0.4, 0.5) is 0 Å². The number of ether oxygens (including phenoxy) is 1. The summed E-state index contributed by atoms with van der Waals surface area (Å²) in [6.07, 6.45) is 0.678. The van der Waals surface area contributed by atoms with Crippen LogP contribution >= 0.6 is 11.3 Å². The van der Waals surface area contributed by atoms with Crippen molar-refractivity contribution in [3.63, 3.8) is 0 Å². The van der Waals surface area contributed by atoms with Gasteiger partial charge in [-0.25, -0.2) is 0 Å². The van der Waals surface area contributed by atoms with Crippen molar-refractivity contribution in [3.05, 3.63) is 62.9 Å². The molecular weight excluding hydrogens is 326 g/mol. The van der Waals surface area contributed by atoms with Crippen molar-refractivity contribution in [2.75, 3.05) is 7.11 Å². The Morgan fingerprint density at radius 1 is 1.29 bits per heavy atom. The number of aldehydes is 1. The van der Waals surface area contributed by atoms with Gasteiger partial charge in [-0.3, -0.25) is 14.4 Å². The lowest BCUT2D eigenvalue weighted by Gasteiger charge is -2.10. The topological polar surface area (TPSA) is 65.4 Å². The van der Waals surface area contributed by atoms with Gasteiger partial charge in [0.15, 0.2) is 17.8 Å². The summed E-state index contributed by atoms with van der Waals surface area (Å²) in [7, 11) is 1.42. The Morgan fingerprint density at radius 3 is 2.62 bits per heavy atom. The number of methoxy groups -OCH3 is 1. The van der Waals surface area contributed by atoms with Gasteiger partial charge in [0.05, 0.1) is 13.7 Å². The first-order valence-electron chi connectivity index (χ1n) is 7.31. The number of aromatic nitrogens is 1. The maximum Gasteiger partial charge on any atom is 0.263 e. The average Bonchev–Trinajstić information content (AvgIpc) is 2.96. The number of carbonyl (C=O) groups excluding carboxylic acids is 2. The lowest BCUT2D eigenvalue weighted by atomic mass is 10.1. The van der Waals surface area contributed by atoms with Crippen LogP contribution in [0.5, 0.6) is 5.75 Å². The minimum atomic E-state index is -0.324. The summed E-state index contributed by atoms with van der Waals surface area (Å²) in [5.41, 5.74) is 0.892. The van der Waals surface area contributed by atoms with Crippen LogP contribution in [0.2, 0.25) is 0 Å². The van der Waals surface area contributed by atoms with Crippen molar-refractivity contribution in [1.29, 1.82) is 0 Å². The Kier molecular flexibility index (Phi) is 4.31. The third-order valence-electron chi connectivity index (χ3n) is 3.85. The van der Waals surface area contributed by atoms with Crippen LogP contribution in [0.25, 0.3) is 10.1 Å². The zero-order valence-corrected chi connectivity index (χ0v) is 14.1. The molecule has 5 nitrogen and oxygen atoms in total. The highest BCUT2D eigenvalue weighted by atomic mass is 32.1. The molecule has 0 aliphatic carbocycles. The van der Waals surface area contributed by atoms with E-state index in [0.29, 0.717) is 32.5 Å². The molecule has 2 heterocycles. The molecule has 0 aliphatic rings.